The standard InChI is InChI=1S/C29H38N2O5/c1-2-3-4-16-34-26-10-12-27(13-11-26)36-29(33)23-8-5-21(6-9-23)7-14-28(32)35-17-15-22-18-24(30)20-25(31)19-22/h5-9,14,18-20,26-27H,2-4,10-13,15-17,30-31H2,1H3. The molecule has 0 aromatic heterocycles. The second kappa shape index (κ2) is 14.3. The van der Waals surface area contributed by atoms with Gasteiger partial charge in [0.05, 0.1) is 18.3 Å². The molecule has 36 heavy (non-hydrogen) atoms. The quantitative estimate of drug-likeness (QED) is 0.177. The second-order valence-corrected chi connectivity index (χ2v) is 9.26. The lowest BCUT2D eigenvalue weighted by atomic mass is 9.95. The Morgan fingerprint density at radius 2 is 1.58 bits per heavy atom. The van der Waals surface area contributed by atoms with Crippen molar-refractivity contribution in [1.82, 2.24) is 0 Å². The first-order chi connectivity index (χ1) is 17.4. The number of carbonyl (C=O) groups is 2. The molecule has 0 saturated heterocycles. The second-order valence-electron chi connectivity index (χ2n) is 9.26. The molecule has 0 bridgehead atoms. The van der Waals surface area contributed by atoms with Crippen LogP contribution in [0.1, 0.15) is 73.4 Å². The van der Waals surface area contributed by atoms with Gasteiger partial charge in [-0.2, -0.15) is 0 Å². The number of esters is 2. The first kappa shape index (κ1) is 27.3. The van der Waals surface area contributed by atoms with Crippen LogP contribution in [0.15, 0.2) is 48.5 Å². The summed E-state index contributed by atoms with van der Waals surface area (Å²) in [7, 11) is 0. The molecule has 4 N–H and O–H groups in total. The molecule has 0 unspecified atom stereocenters. The van der Waals surface area contributed by atoms with Crippen molar-refractivity contribution in [3.05, 3.63) is 65.2 Å². The Morgan fingerprint density at radius 1 is 0.917 bits per heavy atom. The molecule has 1 aliphatic carbocycles. The summed E-state index contributed by atoms with van der Waals surface area (Å²) in [4.78, 5) is 24.5. The summed E-state index contributed by atoms with van der Waals surface area (Å²) < 4.78 is 16.9. The van der Waals surface area contributed by atoms with Gasteiger partial charge in [0.1, 0.15) is 6.10 Å². The van der Waals surface area contributed by atoms with Crippen LogP contribution in [0.4, 0.5) is 11.4 Å². The molecule has 0 heterocycles. The number of nitrogen functional groups attached to an aromatic ring is 2. The first-order valence-electron chi connectivity index (χ1n) is 12.9. The van der Waals surface area contributed by atoms with Crippen molar-refractivity contribution >= 4 is 29.4 Å². The first-order valence-corrected chi connectivity index (χ1v) is 12.9. The fourth-order valence-electron chi connectivity index (χ4n) is 4.24. The van der Waals surface area contributed by atoms with E-state index in [1.165, 1.54) is 18.9 Å². The van der Waals surface area contributed by atoms with Gasteiger partial charge in [-0.05, 0) is 79.6 Å². The van der Waals surface area contributed by atoms with Crippen molar-refractivity contribution in [2.24, 2.45) is 0 Å². The zero-order chi connectivity index (χ0) is 25.8. The molecule has 3 rings (SSSR count). The molecule has 1 fully saturated rings. The number of unbranched alkanes of at least 4 members (excludes halogenated alkanes) is 2. The summed E-state index contributed by atoms with van der Waals surface area (Å²) in [5, 5.41) is 0. The van der Waals surface area contributed by atoms with E-state index in [-0.39, 0.29) is 24.8 Å². The number of ether oxygens (including phenoxy) is 3. The highest BCUT2D eigenvalue weighted by atomic mass is 16.5. The van der Waals surface area contributed by atoms with Crippen molar-refractivity contribution < 1.29 is 23.8 Å². The van der Waals surface area contributed by atoms with Gasteiger partial charge in [-0.15, -0.1) is 0 Å². The lowest BCUT2D eigenvalue weighted by Crippen LogP contribution is -2.28. The molecule has 0 aliphatic heterocycles. The van der Waals surface area contributed by atoms with Crippen LogP contribution in [-0.4, -0.2) is 37.4 Å². The van der Waals surface area contributed by atoms with Gasteiger partial charge in [-0.25, -0.2) is 9.59 Å². The van der Waals surface area contributed by atoms with Crippen molar-refractivity contribution in [2.75, 3.05) is 24.7 Å². The topological polar surface area (TPSA) is 114 Å². The number of carbonyl (C=O) groups excluding carboxylic acids is 2. The van der Waals surface area contributed by atoms with Crippen LogP contribution in [0.3, 0.4) is 0 Å². The number of hydrogen-bond acceptors (Lipinski definition) is 7. The van der Waals surface area contributed by atoms with Gasteiger partial charge in [0, 0.05) is 30.5 Å². The van der Waals surface area contributed by atoms with E-state index in [9.17, 15) is 9.59 Å². The highest BCUT2D eigenvalue weighted by Crippen LogP contribution is 2.25. The fraction of sp³-hybridized carbons (Fsp3) is 0.448. The van der Waals surface area contributed by atoms with Crippen molar-refractivity contribution in [2.45, 2.75) is 70.5 Å². The van der Waals surface area contributed by atoms with Crippen LogP contribution in [0.25, 0.3) is 6.08 Å². The molecule has 0 amide bonds. The minimum Gasteiger partial charge on any atom is -0.462 e. The molecular weight excluding hydrogens is 456 g/mol. The summed E-state index contributed by atoms with van der Waals surface area (Å²) >= 11 is 0. The third-order valence-corrected chi connectivity index (χ3v) is 6.23. The van der Waals surface area contributed by atoms with Crippen LogP contribution in [-0.2, 0) is 25.4 Å². The van der Waals surface area contributed by atoms with Crippen molar-refractivity contribution in [3.8, 4) is 0 Å². The molecule has 0 atom stereocenters. The zero-order valence-electron chi connectivity index (χ0n) is 21.1. The molecule has 0 radical (unpaired) electrons. The van der Waals surface area contributed by atoms with E-state index < -0.39 is 5.97 Å². The van der Waals surface area contributed by atoms with Gasteiger partial charge in [0.15, 0.2) is 0 Å². The zero-order valence-corrected chi connectivity index (χ0v) is 21.1. The van der Waals surface area contributed by atoms with Crippen LogP contribution in [0.5, 0.6) is 0 Å². The number of benzene rings is 2. The molecular formula is C29H38N2O5. The minimum absolute atomic E-state index is 0.0638. The molecule has 1 saturated carbocycles. The highest BCUT2D eigenvalue weighted by Gasteiger charge is 2.24. The Kier molecular flexibility index (Phi) is 10.8. The van der Waals surface area contributed by atoms with E-state index in [1.54, 1.807) is 36.4 Å². The van der Waals surface area contributed by atoms with E-state index in [4.69, 9.17) is 25.7 Å². The molecule has 7 heteroatoms. The molecule has 7 nitrogen and oxygen atoms in total. The van der Waals surface area contributed by atoms with Crippen LogP contribution < -0.4 is 11.5 Å². The van der Waals surface area contributed by atoms with E-state index in [0.29, 0.717) is 23.4 Å². The molecule has 2 aromatic rings. The molecule has 0 spiro atoms. The Bertz CT molecular complexity index is 991. The van der Waals surface area contributed by atoms with Crippen LogP contribution >= 0.6 is 0 Å². The average molecular weight is 495 g/mol. The number of hydrogen-bond donors (Lipinski definition) is 2. The van der Waals surface area contributed by atoms with Crippen LogP contribution in [0.2, 0.25) is 0 Å². The Balaban J connectivity index is 1.37. The normalized spacial score (nSPS) is 17.7. The summed E-state index contributed by atoms with van der Waals surface area (Å²) in [5.74, 6) is -0.764. The monoisotopic (exact) mass is 494 g/mol. The smallest absolute Gasteiger partial charge is 0.338 e. The Labute approximate surface area is 213 Å². The SMILES string of the molecule is CCCCCOC1CCC(OC(=O)c2ccc(C=CC(=O)OCCc3cc(N)cc(N)c3)cc2)CC1. The highest BCUT2D eigenvalue weighted by molar-refractivity contribution is 5.90. The summed E-state index contributed by atoms with van der Waals surface area (Å²) in [5.41, 5.74) is 14.9. The van der Waals surface area contributed by atoms with E-state index >= 15 is 0 Å². The average Bonchev–Trinajstić information content (AvgIpc) is 2.86. The fourth-order valence-corrected chi connectivity index (χ4v) is 4.24. The van der Waals surface area contributed by atoms with Gasteiger partial charge in [0.25, 0.3) is 0 Å². The maximum atomic E-state index is 12.5. The van der Waals surface area contributed by atoms with Gasteiger partial charge >= 0.3 is 11.9 Å². The predicted molar refractivity (Wildman–Crippen MR) is 142 cm³/mol. The summed E-state index contributed by atoms with van der Waals surface area (Å²) in [6, 6.07) is 12.3. The largest absolute Gasteiger partial charge is 0.462 e. The Morgan fingerprint density at radius 3 is 2.25 bits per heavy atom. The van der Waals surface area contributed by atoms with Crippen LogP contribution in [0, 0.1) is 0 Å². The summed E-state index contributed by atoms with van der Waals surface area (Å²) in [6.07, 6.45) is 10.8. The molecule has 1 aliphatic rings. The van der Waals surface area contributed by atoms with Crippen molar-refractivity contribution in [1.29, 1.82) is 0 Å². The third-order valence-electron chi connectivity index (χ3n) is 6.23. The minimum atomic E-state index is -0.444. The number of anilines is 2. The Hall–Kier alpha value is -3.32. The van der Waals surface area contributed by atoms with Crippen molar-refractivity contribution in [3.63, 3.8) is 0 Å². The lowest BCUT2D eigenvalue weighted by molar-refractivity contribution is -0.137. The van der Waals surface area contributed by atoms with E-state index in [1.807, 2.05) is 12.1 Å². The molecule has 194 valence electrons. The number of nitrogens with two attached hydrogens (primary N) is 2. The maximum Gasteiger partial charge on any atom is 0.338 e. The van der Waals surface area contributed by atoms with Gasteiger partial charge < -0.3 is 25.7 Å². The molecule has 2 aromatic carbocycles. The lowest BCUT2D eigenvalue weighted by Gasteiger charge is -2.28. The predicted octanol–water partition coefficient (Wildman–Crippen LogP) is 5.32. The van der Waals surface area contributed by atoms with Gasteiger partial charge in [-0.3, -0.25) is 0 Å². The maximum absolute atomic E-state index is 12.5. The van der Waals surface area contributed by atoms with E-state index in [0.717, 1.165) is 49.8 Å². The third kappa shape index (κ3) is 9.38. The van der Waals surface area contributed by atoms with Gasteiger partial charge in [0.2, 0.25) is 0 Å². The van der Waals surface area contributed by atoms with Gasteiger partial charge in [-0.1, -0.05) is 31.9 Å². The van der Waals surface area contributed by atoms with E-state index in [2.05, 4.69) is 6.92 Å². The summed E-state index contributed by atoms with van der Waals surface area (Å²) in [6.45, 7) is 3.23. The number of rotatable bonds is 12.